The van der Waals surface area contributed by atoms with E-state index in [4.69, 9.17) is 5.73 Å². The molecule has 0 radical (unpaired) electrons. The first-order chi connectivity index (χ1) is 9.27. The SMILES string of the molecule is CCC(C)c1nc(SC(C)C(N)=O)n(C(=O)N(C)C)n1. The Bertz CT molecular complexity index is 500. The molecule has 1 heterocycles. The molecule has 2 N–H and O–H groups in total. The first-order valence-electron chi connectivity index (χ1n) is 6.42. The van der Waals surface area contributed by atoms with Crippen molar-refractivity contribution < 1.29 is 9.59 Å². The van der Waals surface area contributed by atoms with Gasteiger partial charge in [0.1, 0.15) is 0 Å². The third kappa shape index (κ3) is 3.72. The van der Waals surface area contributed by atoms with Crippen molar-refractivity contribution in [1.29, 1.82) is 0 Å². The second-order valence-electron chi connectivity index (χ2n) is 4.81. The lowest BCUT2D eigenvalue weighted by molar-refractivity contribution is -0.117. The second kappa shape index (κ2) is 6.74. The molecule has 7 nitrogen and oxygen atoms in total. The van der Waals surface area contributed by atoms with E-state index < -0.39 is 11.2 Å². The molecule has 0 aliphatic heterocycles. The van der Waals surface area contributed by atoms with Gasteiger partial charge in [0.25, 0.3) is 0 Å². The van der Waals surface area contributed by atoms with Crippen LogP contribution in [0.2, 0.25) is 0 Å². The molecule has 0 saturated heterocycles. The van der Waals surface area contributed by atoms with E-state index in [0.29, 0.717) is 11.0 Å². The molecule has 20 heavy (non-hydrogen) atoms. The van der Waals surface area contributed by atoms with Crippen LogP contribution in [-0.2, 0) is 4.79 Å². The Hall–Kier alpha value is -1.57. The van der Waals surface area contributed by atoms with Crippen LogP contribution in [0, 0.1) is 0 Å². The van der Waals surface area contributed by atoms with Crippen LogP contribution >= 0.6 is 11.8 Å². The zero-order valence-electron chi connectivity index (χ0n) is 12.5. The Balaban J connectivity index is 3.15. The standard InChI is InChI=1S/C12H21N5O2S/c1-6-7(2)10-14-11(20-8(3)9(13)18)17(15-10)12(19)16(4)5/h7-8H,6H2,1-5H3,(H2,13,18). The number of nitrogens with zero attached hydrogens (tertiary/aromatic N) is 4. The average Bonchev–Trinajstić information content (AvgIpc) is 2.80. The van der Waals surface area contributed by atoms with Crippen molar-refractivity contribution >= 4 is 23.7 Å². The zero-order chi connectivity index (χ0) is 15.4. The fraction of sp³-hybridized carbons (Fsp3) is 0.667. The van der Waals surface area contributed by atoms with Gasteiger partial charge in [-0.2, -0.15) is 4.68 Å². The van der Waals surface area contributed by atoms with E-state index in [0.717, 1.165) is 18.2 Å². The summed E-state index contributed by atoms with van der Waals surface area (Å²) in [7, 11) is 3.28. The number of nitrogens with two attached hydrogens (primary N) is 1. The highest BCUT2D eigenvalue weighted by Gasteiger charge is 2.23. The van der Waals surface area contributed by atoms with Crippen molar-refractivity contribution in [3.8, 4) is 0 Å². The Morgan fingerprint density at radius 1 is 1.40 bits per heavy atom. The number of hydrogen-bond acceptors (Lipinski definition) is 5. The Morgan fingerprint density at radius 3 is 2.45 bits per heavy atom. The van der Waals surface area contributed by atoms with Crippen LogP contribution < -0.4 is 5.73 Å². The number of primary amides is 1. The van der Waals surface area contributed by atoms with Crippen LogP contribution in [0.4, 0.5) is 4.79 Å². The number of carbonyl (C=O) groups excluding carboxylic acids is 2. The Morgan fingerprint density at radius 2 is 2.00 bits per heavy atom. The molecule has 0 aliphatic carbocycles. The maximum absolute atomic E-state index is 12.1. The quantitative estimate of drug-likeness (QED) is 0.827. The number of carbonyl (C=O) groups is 2. The summed E-state index contributed by atoms with van der Waals surface area (Å²) in [6, 6.07) is -0.300. The van der Waals surface area contributed by atoms with Gasteiger partial charge in [-0.3, -0.25) is 4.79 Å². The van der Waals surface area contributed by atoms with Crippen molar-refractivity contribution in [2.75, 3.05) is 14.1 Å². The number of rotatable bonds is 5. The van der Waals surface area contributed by atoms with Crippen molar-refractivity contribution in [3.63, 3.8) is 0 Å². The van der Waals surface area contributed by atoms with Gasteiger partial charge in [0.2, 0.25) is 5.91 Å². The van der Waals surface area contributed by atoms with Gasteiger partial charge < -0.3 is 10.6 Å². The predicted molar refractivity (Wildman–Crippen MR) is 77.7 cm³/mol. The molecule has 0 aliphatic rings. The van der Waals surface area contributed by atoms with E-state index in [2.05, 4.69) is 10.1 Å². The monoisotopic (exact) mass is 299 g/mol. The van der Waals surface area contributed by atoms with Crippen LogP contribution in [0.3, 0.4) is 0 Å². The molecule has 1 aromatic rings. The van der Waals surface area contributed by atoms with Crippen molar-refractivity contribution in [1.82, 2.24) is 19.7 Å². The second-order valence-corrected chi connectivity index (χ2v) is 6.12. The Labute approximate surface area is 122 Å². The van der Waals surface area contributed by atoms with E-state index in [-0.39, 0.29) is 11.9 Å². The molecule has 1 aromatic heterocycles. The van der Waals surface area contributed by atoms with E-state index in [1.807, 2.05) is 13.8 Å². The first-order valence-corrected chi connectivity index (χ1v) is 7.30. The van der Waals surface area contributed by atoms with Crippen LogP contribution in [0.15, 0.2) is 5.16 Å². The lowest BCUT2D eigenvalue weighted by atomic mass is 10.1. The summed E-state index contributed by atoms with van der Waals surface area (Å²) in [4.78, 5) is 29.0. The van der Waals surface area contributed by atoms with Gasteiger partial charge >= 0.3 is 6.03 Å². The largest absolute Gasteiger partial charge is 0.369 e. The summed E-state index contributed by atoms with van der Waals surface area (Å²) in [5, 5.41) is 4.18. The van der Waals surface area contributed by atoms with E-state index in [1.54, 1.807) is 21.0 Å². The molecule has 2 amide bonds. The first kappa shape index (κ1) is 16.5. The van der Waals surface area contributed by atoms with Gasteiger partial charge in [0, 0.05) is 20.0 Å². The van der Waals surface area contributed by atoms with Crippen LogP contribution in [0.25, 0.3) is 0 Å². The minimum absolute atomic E-state index is 0.148. The molecular formula is C12H21N5O2S. The Kier molecular flexibility index (Phi) is 5.55. The highest BCUT2D eigenvalue weighted by atomic mass is 32.2. The number of amides is 2. The summed E-state index contributed by atoms with van der Waals surface area (Å²) in [5.41, 5.74) is 5.25. The van der Waals surface area contributed by atoms with E-state index in [9.17, 15) is 9.59 Å². The van der Waals surface area contributed by atoms with Crippen LogP contribution in [0.5, 0.6) is 0 Å². The summed E-state index contributed by atoms with van der Waals surface area (Å²) in [6.07, 6.45) is 0.871. The van der Waals surface area contributed by atoms with E-state index >= 15 is 0 Å². The average molecular weight is 299 g/mol. The van der Waals surface area contributed by atoms with Crippen LogP contribution in [0.1, 0.15) is 38.9 Å². The van der Waals surface area contributed by atoms with Gasteiger partial charge in [-0.05, 0) is 13.3 Å². The zero-order valence-corrected chi connectivity index (χ0v) is 13.3. The fourth-order valence-corrected chi connectivity index (χ4v) is 2.11. The predicted octanol–water partition coefficient (Wildman–Crippen LogP) is 1.29. The summed E-state index contributed by atoms with van der Waals surface area (Å²) in [5.74, 6) is 0.295. The molecule has 112 valence electrons. The molecule has 2 unspecified atom stereocenters. The summed E-state index contributed by atoms with van der Waals surface area (Å²) < 4.78 is 1.23. The minimum atomic E-state index is -0.474. The normalized spacial score (nSPS) is 13.8. The number of thioether (sulfide) groups is 1. The maximum Gasteiger partial charge on any atom is 0.346 e. The molecule has 0 spiro atoms. The molecule has 8 heteroatoms. The molecule has 0 fully saturated rings. The highest BCUT2D eigenvalue weighted by molar-refractivity contribution is 8.00. The molecule has 0 aromatic carbocycles. The van der Waals surface area contributed by atoms with Crippen LogP contribution in [-0.4, -0.2) is 50.9 Å². The molecular weight excluding hydrogens is 278 g/mol. The smallest absolute Gasteiger partial charge is 0.346 e. The fourth-order valence-electron chi connectivity index (χ4n) is 1.31. The van der Waals surface area contributed by atoms with Gasteiger partial charge in [-0.25, -0.2) is 9.78 Å². The van der Waals surface area contributed by atoms with Gasteiger partial charge in [-0.1, -0.05) is 25.6 Å². The third-order valence-electron chi connectivity index (χ3n) is 2.89. The lowest BCUT2D eigenvalue weighted by Gasteiger charge is -2.12. The topological polar surface area (TPSA) is 94.1 Å². The number of aromatic nitrogens is 3. The van der Waals surface area contributed by atoms with Gasteiger partial charge in [0.05, 0.1) is 5.25 Å². The minimum Gasteiger partial charge on any atom is -0.369 e. The summed E-state index contributed by atoms with van der Waals surface area (Å²) in [6.45, 7) is 5.69. The van der Waals surface area contributed by atoms with Crippen molar-refractivity contribution in [2.24, 2.45) is 5.73 Å². The number of hydrogen-bond donors (Lipinski definition) is 1. The van der Waals surface area contributed by atoms with Gasteiger partial charge in [0.15, 0.2) is 11.0 Å². The molecule has 0 saturated carbocycles. The van der Waals surface area contributed by atoms with E-state index in [1.165, 1.54) is 9.58 Å². The molecule has 2 atom stereocenters. The summed E-state index contributed by atoms with van der Waals surface area (Å²) >= 11 is 1.14. The highest BCUT2D eigenvalue weighted by Crippen LogP contribution is 2.24. The molecule has 1 rings (SSSR count). The van der Waals surface area contributed by atoms with Gasteiger partial charge in [-0.15, -0.1) is 5.10 Å². The van der Waals surface area contributed by atoms with Crippen molar-refractivity contribution in [2.45, 2.75) is 43.5 Å². The lowest BCUT2D eigenvalue weighted by Crippen LogP contribution is -2.30. The van der Waals surface area contributed by atoms with Crippen molar-refractivity contribution in [3.05, 3.63) is 5.82 Å². The molecule has 0 bridgehead atoms. The third-order valence-corrected chi connectivity index (χ3v) is 3.95. The maximum atomic E-state index is 12.1.